The number of carbonyl (C=O) groups is 1. The quantitative estimate of drug-likeness (QED) is 0.793. The van der Waals surface area contributed by atoms with Crippen molar-refractivity contribution in [1.29, 1.82) is 0 Å². The first-order valence-corrected chi connectivity index (χ1v) is 5.56. The minimum atomic E-state index is -0.948. The molecule has 0 aromatic carbocycles. The molecule has 0 radical (unpaired) electrons. The summed E-state index contributed by atoms with van der Waals surface area (Å²) in [6.45, 7) is 1.69. The van der Waals surface area contributed by atoms with Gasteiger partial charge in [0.2, 0.25) is 0 Å². The minimum Gasteiger partial charge on any atom is -0.476 e. The van der Waals surface area contributed by atoms with E-state index in [2.05, 4.69) is 14.9 Å². The van der Waals surface area contributed by atoms with E-state index in [9.17, 15) is 4.79 Å². The maximum Gasteiger partial charge on any atom is 0.354 e. The average Bonchev–Trinajstić information content (AvgIpc) is 3.11. The second-order valence-electron chi connectivity index (χ2n) is 4.40. The number of nitrogens with zero attached hydrogens (tertiary/aromatic N) is 3. The number of carboxylic acid groups (broad SMARTS) is 1. The topological polar surface area (TPSA) is 66.3 Å². The molecule has 0 amide bonds. The van der Waals surface area contributed by atoms with Crippen LogP contribution in [0.3, 0.4) is 0 Å². The molecular weight excluding hydrogens is 206 g/mol. The van der Waals surface area contributed by atoms with Crippen LogP contribution in [0.4, 0.5) is 0 Å². The summed E-state index contributed by atoms with van der Waals surface area (Å²) < 4.78 is 0. The fourth-order valence-electron chi connectivity index (χ4n) is 2.30. The smallest absolute Gasteiger partial charge is 0.354 e. The highest BCUT2D eigenvalue weighted by Crippen LogP contribution is 2.31. The van der Waals surface area contributed by atoms with Crippen molar-refractivity contribution in [3.63, 3.8) is 0 Å². The minimum absolute atomic E-state index is 0.176. The van der Waals surface area contributed by atoms with E-state index in [-0.39, 0.29) is 5.69 Å². The summed E-state index contributed by atoms with van der Waals surface area (Å²) in [5.74, 6) is -0.948. The lowest BCUT2D eigenvalue weighted by Crippen LogP contribution is -2.34. The van der Waals surface area contributed by atoms with Gasteiger partial charge in [-0.1, -0.05) is 0 Å². The normalized spacial score (nSPS) is 20.5. The van der Waals surface area contributed by atoms with Gasteiger partial charge >= 0.3 is 5.97 Å². The fraction of sp³-hybridized carbons (Fsp3) is 0.545. The van der Waals surface area contributed by atoms with E-state index in [4.69, 9.17) is 5.11 Å². The van der Waals surface area contributed by atoms with Gasteiger partial charge in [-0.15, -0.1) is 0 Å². The lowest BCUT2D eigenvalue weighted by molar-refractivity contribution is 0.0686. The number of carboxylic acids is 1. The summed E-state index contributed by atoms with van der Waals surface area (Å²) in [4.78, 5) is 21.4. The molecule has 0 bridgehead atoms. The molecule has 5 heteroatoms. The zero-order valence-electron chi connectivity index (χ0n) is 8.89. The Kier molecular flexibility index (Phi) is 2.14. The molecule has 5 nitrogen and oxygen atoms in total. The zero-order chi connectivity index (χ0) is 11.1. The molecule has 1 aromatic rings. The van der Waals surface area contributed by atoms with Crippen LogP contribution in [-0.2, 0) is 13.0 Å². The Labute approximate surface area is 93.1 Å². The number of aromatic carboxylic acids is 1. The third kappa shape index (κ3) is 1.57. The molecule has 1 fully saturated rings. The van der Waals surface area contributed by atoms with Gasteiger partial charge < -0.3 is 5.11 Å². The van der Waals surface area contributed by atoms with E-state index in [1.807, 2.05) is 0 Å². The predicted molar refractivity (Wildman–Crippen MR) is 56.1 cm³/mol. The van der Waals surface area contributed by atoms with Crippen LogP contribution in [0.2, 0.25) is 0 Å². The first-order valence-electron chi connectivity index (χ1n) is 5.56. The molecule has 2 heterocycles. The molecule has 1 aliphatic carbocycles. The van der Waals surface area contributed by atoms with Gasteiger partial charge in [-0.2, -0.15) is 0 Å². The molecule has 2 aliphatic rings. The van der Waals surface area contributed by atoms with E-state index in [1.165, 1.54) is 19.2 Å². The number of hydrogen-bond acceptors (Lipinski definition) is 4. The van der Waals surface area contributed by atoms with Crippen molar-refractivity contribution in [3.8, 4) is 0 Å². The first kappa shape index (κ1) is 9.72. The van der Waals surface area contributed by atoms with Gasteiger partial charge in [0.15, 0.2) is 5.69 Å². The number of rotatable bonds is 2. The molecule has 0 saturated heterocycles. The summed E-state index contributed by atoms with van der Waals surface area (Å²) in [7, 11) is 0. The molecule has 0 atom stereocenters. The van der Waals surface area contributed by atoms with Crippen molar-refractivity contribution in [2.45, 2.75) is 31.8 Å². The Morgan fingerprint density at radius 1 is 1.44 bits per heavy atom. The Morgan fingerprint density at radius 2 is 2.25 bits per heavy atom. The average molecular weight is 219 g/mol. The molecular formula is C11H13N3O2. The zero-order valence-corrected chi connectivity index (χ0v) is 8.89. The van der Waals surface area contributed by atoms with Crippen molar-refractivity contribution < 1.29 is 9.90 Å². The van der Waals surface area contributed by atoms with E-state index >= 15 is 0 Å². The van der Waals surface area contributed by atoms with Crippen molar-refractivity contribution in [1.82, 2.24) is 14.9 Å². The van der Waals surface area contributed by atoms with Crippen LogP contribution in [-0.4, -0.2) is 38.5 Å². The predicted octanol–water partition coefficient (Wildman–Crippen LogP) is 0.695. The summed E-state index contributed by atoms with van der Waals surface area (Å²) >= 11 is 0. The molecule has 1 N–H and O–H groups in total. The van der Waals surface area contributed by atoms with Crippen LogP contribution in [0, 0.1) is 0 Å². The monoisotopic (exact) mass is 219 g/mol. The van der Waals surface area contributed by atoms with Gasteiger partial charge in [0, 0.05) is 31.1 Å². The van der Waals surface area contributed by atoms with Crippen molar-refractivity contribution >= 4 is 5.97 Å². The van der Waals surface area contributed by atoms with Crippen LogP contribution in [0.25, 0.3) is 0 Å². The van der Waals surface area contributed by atoms with Crippen LogP contribution >= 0.6 is 0 Å². The van der Waals surface area contributed by atoms with Gasteiger partial charge in [-0.05, 0) is 12.8 Å². The summed E-state index contributed by atoms with van der Waals surface area (Å²) in [5.41, 5.74) is 1.90. The molecule has 84 valence electrons. The van der Waals surface area contributed by atoms with Gasteiger partial charge in [-0.25, -0.2) is 14.8 Å². The molecule has 1 aromatic heterocycles. The third-order valence-electron chi connectivity index (χ3n) is 3.30. The SMILES string of the molecule is O=C(O)c1ncnc2c1CN(C1CC1)CC2. The third-order valence-corrected chi connectivity index (χ3v) is 3.30. The van der Waals surface area contributed by atoms with Crippen molar-refractivity contribution in [2.75, 3.05) is 6.54 Å². The summed E-state index contributed by atoms with van der Waals surface area (Å²) in [6, 6.07) is 0.662. The Balaban J connectivity index is 1.96. The van der Waals surface area contributed by atoms with Crippen LogP contribution < -0.4 is 0 Å². The number of fused-ring (bicyclic) bond motifs is 1. The van der Waals surface area contributed by atoms with E-state index in [0.717, 1.165) is 24.2 Å². The van der Waals surface area contributed by atoms with Gasteiger partial charge in [0.1, 0.15) is 6.33 Å². The van der Waals surface area contributed by atoms with Crippen LogP contribution in [0.15, 0.2) is 6.33 Å². The highest BCUT2D eigenvalue weighted by Gasteiger charge is 2.33. The maximum absolute atomic E-state index is 11.1. The van der Waals surface area contributed by atoms with E-state index in [0.29, 0.717) is 12.6 Å². The summed E-state index contributed by atoms with van der Waals surface area (Å²) in [6.07, 6.45) is 4.68. The molecule has 1 aliphatic heterocycles. The number of aromatic nitrogens is 2. The highest BCUT2D eigenvalue weighted by atomic mass is 16.4. The lowest BCUT2D eigenvalue weighted by Gasteiger charge is -2.28. The Bertz CT molecular complexity index is 443. The Hall–Kier alpha value is -1.49. The van der Waals surface area contributed by atoms with Gasteiger partial charge in [0.25, 0.3) is 0 Å². The van der Waals surface area contributed by atoms with Crippen LogP contribution in [0.1, 0.15) is 34.6 Å². The summed E-state index contributed by atoms with van der Waals surface area (Å²) in [5, 5.41) is 9.07. The maximum atomic E-state index is 11.1. The first-order chi connectivity index (χ1) is 7.75. The van der Waals surface area contributed by atoms with E-state index < -0.39 is 5.97 Å². The molecule has 3 rings (SSSR count). The second kappa shape index (κ2) is 3.52. The molecule has 1 saturated carbocycles. The van der Waals surface area contributed by atoms with Crippen molar-refractivity contribution in [3.05, 3.63) is 23.3 Å². The van der Waals surface area contributed by atoms with E-state index in [1.54, 1.807) is 0 Å². The number of hydrogen-bond donors (Lipinski definition) is 1. The Morgan fingerprint density at radius 3 is 2.94 bits per heavy atom. The largest absolute Gasteiger partial charge is 0.476 e. The fourth-order valence-corrected chi connectivity index (χ4v) is 2.30. The molecule has 16 heavy (non-hydrogen) atoms. The highest BCUT2D eigenvalue weighted by molar-refractivity contribution is 5.87. The lowest BCUT2D eigenvalue weighted by atomic mass is 10.0. The van der Waals surface area contributed by atoms with Gasteiger partial charge in [-0.3, -0.25) is 4.90 Å². The molecule has 0 spiro atoms. The van der Waals surface area contributed by atoms with Crippen LogP contribution in [0.5, 0.6) is 0 Å². The second-order valence-corrected chi connectivity index (χ2v) is 4.40. The van der Waals surface area contributed by atoms with Gasteiger partial charge in [0.05, 0.1) is 5.69 Å². The van der Waals surface area contributed by atoms with Crippen molar-refractivity contribution in [2.24, 2.45) is 0 Å². The molecule has 0 unspecified atom stereocenters. The standard InChI is InChI=1S/C11H13N3O2/c15-11(16)10-8-5-14(7-1-2-7)4-3-9(8)12-6-13-10/h6-7H,1-5H2,(H,15,16).